The van der Waals surface area contributed by atoms with Gasteiger partial charge in [0, 0.05) is 16.7 Å². The summed E-state index contributed by atoms with van der Waals surface area (Å²) in [5, 5.41) is 14.7. The van der Waals surface area contributed by atoms with Gasteiger partial charge in [0.15, 0.2) is 11.5 Å². The lowest BCUT2D eigenvalue weighted by atomic mass is 9.99. The Balaban J connectivity index is 1.87. The Hall–Kier alpha value is -4.23. The van der Waals surface area contributed by atoms with Gasteiger partial charge in [-0.25, -0.2) is 9.50 Å². The highest BCUT2D eigenvalue weighted by Crippen LogP contribution is 2.32. The summed E-state index contributed by atoms with van der Waals surface area (Å²) in [5.74, 6) is 0.601. The monoisotopic (exact) mass is 372 g/mol. The smallest absolute Gasteiger partial charge is 0.182 e. The van der Waals surface area contributed by atoms with Crippen molar-refractivity contribution in [2.24, 2.45) is 0 Å². The van der Waals surface area contributed by atoms with Gasteiger partial charge in [0.2, 0.25) is 0 Å². The van der Waals surface area contributed by atoms with Crippen LogP contribution in [0, 0.1) is 11.3 Å². The van der Waals surface area contributed by atoms with Crippen molar-refractivity contribution in [2.75, 3.05) is 0 Å². The van der Waals surface area contributed by atoms with Crippen molar-refractivity contribution in [1.29, 1.82) is 5.26 Å². The fourth-order valence-electron chi connectivity index (χ4n) is 3.51. The maximum atomic E-state index is 9.99. The minimum Gasteiger partial charge on any atom is -0.211 e. The fraction of sp³-hybridized carbons (Fsp3) is 0. The molecule has 0 unspecified atom stereocenters. The Morgan fingerprint density at radius 3 is 1.83 bits per heavy atom. The fourth-order valence-corrected chi connectivity index (χ4v) is 3.51. The summed E-state index contributed by atoms with van der Waals surface area (Å²) in [6.45, 7) is 0. The van der Waals surface area contributed by atoms with E-state index in [1.165, 1.54) is 0 Å². The second-order valence-electron chi connectivity index (χ2n) is 6.70. The molecule has 0 saturated carbocycles. The molecule has 3 aromatic carbocycles. The van der Waals surface area contributed by atoms with Gasteiger partial charge in [0.25, 0.3) is 0 Å². The molecule has 0 aliphatic heterocycles. The molecule has 0 aliphatic carbocycles. The van der Waals surface area contributed by atoms with Crippen molar-refractivity contribution in [1.82, 2.24) is 14.6 Å². The van der Waals surface area contributed by atoms with Gasteiger partial charge in [0.05, 0.1) is 5.69 Å². The van der Waals surface area contributed by atoms with Gasteiger partial charge in [-0.1, -0.05) is 91.0 Å². The summed E-state index contributed by atoms with van der Waals surface area (Å²) >= 11 is 0. The van der Waals surface area contributed by atoms with E-state index in [-0.39, 0.29) is 0 Å². The summed E-state index contributed by atoms with van der Waals surface area (Å²) in [5.41, 5.74) is 5.74. The van der Waals surface area contributed by atoms with Crippen molar-refractivity contribution in [3.05, 3.63) is 103 Å². The zero-order chi connectivity index (χ0) is 19.6. The van der Waals surface area contributed by atoms with Crippen LogP contribution in [-0.4, -0.2) is 14.6 Å². The molecular weight excluding hydrogens is 356 g/mol. The lowest BCUT2D eigenvalue weighted by Gasteiger charge is -2.11. The third kappa shape index (κ3) is 2.95. The van der Waals surface area contributed by atoms with Crippen LogP contribution in [0.5, 0.6) is 0 Å². The topological polar surface area (TPSA) is 54.0 Å². The molecule has 0 bridgehead atoms. The minimum absolute atomic E-state index is 0.519. The first kappa shape index (κ1) is 16.9. The summed E-state index contributed by atoms with van der Waals surface area (Å²) in [6.07, 6.45) is 0. The molecule has 0 spiro atoms. The van der Waals surface area contributed by atoms with Crippen molar-refractivity contribution >= 4 is 5.65 Å². The highest BCUT2D eigenvalue weighted by atomic mass is 15.3. The molecule has 2 aromatic heterocycles. The van der Waals surface area contributed by atoms with E-state index in [9.17, 15) is 5.26 Å². The van der Waals surface area contributed by atoms with Gasteiger partial charge in [-0.2, -0.15) is 5.26 Å². The van der Waals surface area contributed by atoms with Crippen molar-refractivity contribution < 1.29 is 0 Å². The molecule has 5 rings (SSSR count). The first-order valence-corrected chi connectivity index (χ1v) is 9.35. The summed E-state index contributed by atoms with van der Waals surface area (Å²) in [4.78, 5) is 4.76. The molecule has 29 heavy (non-hydrogen) atoms. The van der Waals surface area contributed by atoms with E-state index in [2.05, 4.69) is 6.07 Å². The maximum Gasteiger partial charge on any atom is 0.182 e. The highest BCUT2D eigenvalue weighted by molar-refractivity contribution is 5.83. The lowest BCUT2D eigenvalue weighted by molar-refractivity contribution is 0.972. The van der Waals surface area contributed by atoms with Gasteiger partial charge >= 0.3 is 0 Å². The molecule has 0 saturated heterocycles. The number of hydrogen-bond donors (Lipinski definition) is 0. The van der Waals surface area contributed by atoms with Crippen LogP contribution in [-0.2, 0) is 0 Å². The molecule has 0 amide bonds. The molecule has 0 atom stereocenters. The first-order chi connectivity index (χ1) is 14.3. The normalized spacial score (nSPS) is 10.7. The third-order valence-electron chi connectivity index (χ3n) is 4.91. The molecule has 5 aromatic rings. The van der Waals surface area contributed by atoms with E-state index in [0.29, 0.717) is 17.0 Å². The van der Waals surface area contributed by atoms with Crippen molar-refractivity contribution in [3.8, 4) is 39.8 Å². The van der Waals surface area contributed by atoms with E-state index >= 15 is 0 Å². The van der Waals surface area contributed by atoms with E-state index in [4.69, 9.17) is 10.1 Å². The molecule has 0 fully saturated rings. The lowest BCUT2D eigenvalue weighted by Crippen LogP contribution is -1.99. The maximum absolute atomic E-state index is 9.99. The summed E-state index contributed by atoms with van der Waals surface area (Å²) in [6, 6.07) is 34.2. The van der Waals surface area contributed by atoms with Crippen LogP contribution < -0.4 is 0 Å². The molecule has 0 radical (unpaired) electrons. The van der Waals surface area contributed by atoms with Crippen LogP contribution in [0.3, 0.4) is 0 Å². The SMILES string of the molecule is N#Cc1c(-c2ccccc2)cc(-c2ccccc2)n2nc(-c3ccccc3)nc12. The average Bonchev–Trinajstić information content (AvgIpc) is 3.25. The Bertz CT molecular complexity index is 1330. The van der Waals surface area contributed by atoms with E-state index in [0.717, 1.165) is 27.9 Å². The zero-order valence-corrected chi connectivity index (χ0v) is 15.5. The van der Waals surface area contributed by atoms with Crippen LogP contribution in [0.4, 0.5) is 0 Å². The van der Waals surface area contributed by atoms with Crippen LogP contribution in [0.1, 0.15) is 5.56 Å². The van der Waals surface area contributed by atoms with Gasteiger partial charge in [-0.3, -0.25) is 0 Å². The highest BCUT2D eigenvalue weighted by Gasteiger charge is 2.19. The van der Waals surface area contributed by atoms with Crippen LogP contribution in [0.15, 0.2) is 97.1 Å². The second kappa shape index (κ2) is 7.06. The van der Waals surface area contributed by atoms with Crippen molar-refractivity contribution in [3.63, 3.8) is 0 Å². The van der Waals surface area contributed by atoms with Gasteiger partial charge in [-0.05, 0) is 11.6 Å². The number of aromatic nitrogens is 3. The summed E-state index contributed by atoms with van der Waals surface area (Å²) in [7, 11) is 0. The van der Waals surface area contributed by atoms with Crippen molar-refractivity contribution in [2.45, 2.75) is 0 Å². The Labute approximate surface area is 168 Å². The molecule has 136 valence electrons. The standard InChI is InChI=1S/C25H16N4/c26-17-22-21(18-10-4-1-5-11-18)16-23(19-12-6-2-7-13-19)29-25(22)27-24(28-29)20-14-8-3-9-15-20/h1-16H. The zero-order valence-electron chi connectivity index (χ0n) is 15.5. The number of nitriles is 1. The van der Waals surface area contributed by atoms with Gasteiger partial charge < -0.3 is 0 Å². The van der Waals surface area contributed by atoms with Gasteiger partial charge in [0.1, 0.15) is 11.6 Å². The second-order valence-corrected chi connectivity index (χ2v) is 6.70. The molecular formula is C25H16N4. The van der Waals surface area contributed by atoms with E-state index in [1.807, 2.05) is 97.1 Å². The van der Waals surface area contributed by atoms with Gasteiger partial charge in [-0.15, -0.1) is 5.10 Å². The number of fused-ring (bicyclic) bond motifs is 1. The van der Waals surface area contributed by atoms with Crippen LogP contribution >= 0.6 is 0 Å². The van der Waals surface area contributed by atoms with Crippen LogP contribution in [0.25, 0.3) is 39.4 Å². The summed E-state index contributed by atoms with van der Waals surface area (Å²) < 4.78 is 1.78. The number of nitrogens with zero attached hydrogens (tertiary/aromatic N) is 4. The van der Waals surface area contributed by atoms with E-state index < -0.39 is 0 Å². The quantitative estimate of drug-likeness (QED) is 0.414. The average molecular weight is 372 g/mol. The molecule has 4 heteroatoms. The molecule has 2 heterocycles. The van der Waals surface area contributed by atoms with E-state index in [1.54, 1.807) is 4.52 Å². The first-order valence-electron chi connectivity index (χ1n) is 9.35. The predicted molar refractivity (Wildman–Crippen MR) is 114 cm³/mol. The Morgan fingerprint density at radius 2 is 1.24 bits per heavy atom. The molecule has 0 N–H and O–H groups in total. The third-order valence-corrected chi connectivity index (χ3v) is 4.91. The molecule has 4 nitrogen and oxygen atoms in total. The molecule has 0 aliphatic rings. The predicted octanol–water partition coefficient (Wildman–Crippen LogP) is 5.60. The van der Waals surface area contributed by atoms with Crippen LogP contribution in [0.2, 0.25) is 0 Å². The Morgan fingerprint density at radius 1 is 0.690 bits per heavy atom. The number of rotatable bonds is 3. The number of hydrogen-bond acceptors (Lipinski definition) is 3. The Kier molecular flexibility index (Phi) is 4.12. The number of benzene rings is 3. The number of pyridine rings is 1. The minimum atomic E-state index is 0.519. The largest absolute Gasteiger partial charge is 0.211 e.